The van der Waals surface area contributed by atoms with Crippen molar-refractivity contribution in [2.24, 2.45) is 10.9 Å². The Bertz CT molecular complexity index is 1160. The monoisotopic (exact) mass is 415 g/mol. The van der Waals surface area contributed by atoms with E-state index in [-0.39, 0.29) is 0 Å². The third-order valence-corrected chi connectivity index (χ3v) is 6.28. The number of aryl methyl sites for hydroxylation is 1. The van der Waals surface area contributed by atoms with E-state index in [1.54, 1.807) is 0 Å². The van der Waals surface area contributed by atoms with Crippen molar-refractivity contribution >= 4 is 23.2 Å². The average molecular weight is 416 g/mol. The topological polar surface area (TPSA) is 72.1 Å². The summed E-state index contributed by atoms with van der Waals surface area (Å²) in [6.07, 6.45) is 10.9. The molecule has 3 aromatic rings. The van der Waals surface area contributed by atoms with Crippen LogP contribution in [0.25, 0.3) is 11.0 Å². The molecule has 0 aromatic carbocycles. The largest absolute Gasteiger partial charge is 0.340 e. The highest BCUT2D eigenvalue weighted by Crippen LogP contribution is 2.27. The van der Waals surface area contributed by atoms with Crippen LogP contribution in [0.4, 0.5) is 5.95 Å². The molecule has 0 N–H and O–H groups in total. The standard InChI is InChI=1S/C24H29N7/c1-16(2)31-17(3)28-22-14-27-21(12-23(22)31)11-20-7-9-26-24(29-20)30-10-4-5-19(15-30)18-6-8-25-13-18/h6-9,12,14,16,19H,4-5,10-11,13,15H2,1-3H3. The van der Waals surface area contributed by atoms with Crippen LogP contribution in [-0.4, -0.2) is 50.4 Å². The van der Waals surface area contributed by atoms with Gasteiger partial charge in [0, 0.05) is 43.7 Å². The second kappa shape index (κ2) is 8.21. The maximum atomic E-state index is 4.90. The summed E-state index contributed by atoms with van der Waals surface area (Å²) in [5, 5.41) is 0. The third-order valence-electron chi connectivity index (χ3n) is 6.28. The molecule has 0 saturated carbocycles. The van der Waals surface area contributed by atoms with Crippen LogP contribution in [-0.2, 0) is 6.42 Å². The Hall–Kier alpha value is -3.09. The quantitative estimate of drug-likeness (QED) is 0.631. The zero-order chi connectivity index (χ0) is 21.4. The van der Waals surface area contributed by atoms with E-state index in [0.717, 1.165) is 60.2 Å². The lowest BCUT2D eigenvalue weighted by Gasteiger charge is -2.33. The van der Waals surface area contributed by atoms with Crippen molar-refractivity contribution in [3.8, 4) is 0 Å². The van der Waals surface area contributed by atoms with Crippen molar-refractivity contribution in [1.29, 1.82) is 0 Å². The number of allylic oxidation sites excluding steroid dienone is 1. The molecule has 1 fully saturated rings. The maximum absolute atomic E-state index is 4.90. The van der Waals surface area contributed by atoms with Gasteiger partial charge in [-0.3, -0.25) is 9.98 Å². The average Bonchev–Trinajstić information content (AvgIpc) is 3.41. The molecule has 0 amide bonds. The zero-order valence-electron chi connectivity index (χ0n) is 18.5. The lowest BCUT2D eigenvalue weighted by atomic mass is 9.91. The smallest absolute Gasteiger partial charge is 0.225 e. The van der Waals surface area contributed by atoms with E-state index < -0.39 is 0 Å². The normalized spacial score (nSPS) is 18.9. The molecule has 160 valence electrons. The van der Waals surface area contributed by atoms with Gasteiger partial charge in [-0.25, -0.2) is 15.0 Å². The Morgan fingerprint density at radius 2 is 2.06 bits per heavy atom. The lowest BCUT2D eigenvalue weighted by molar-refractivity contribution is 0.458. The van der Waals surface area contributed by atoms with Crippen LogP contribution in [0.3, 0.4) is 0 Å². The van der Waals surface area contributed by atoms with E-state index in [9.17, 15) is 0 Å². The van der Waals surface area contributed by atoms with Crippen molar-refractivity contribution in [3.63, 3.8) is 0 Å². The molecule has 0 spiro atoms. The Morgan fingerprint density at radius 3 is 2.87 bits per heavy atom. The van der Waals surface area contributed by atoms with Crippen molar-refractivity contribution in [3.05, 3.63) is 53.4 Å². The second-order valence-electron chi connectivity index (χ2n) is 8.83. The number of piperidine rings is 1. The Labute approximate surface area is 183 Å². The van der Waals surface area contributed by atoms with Gasteiger partial charge in [0.15, 0.2) is 0 Å². The number of nitrogens with zero attached hydrogens (tertiary/aromatic N) is 7. The molecule has 7 nitrogen and oxygen atoms in total. The molecule has 0 aliphatic carbocycles. The first-order valence-corrected chi connectivity index (χ1v) is 11.2. The first-order valence-electron chi connectivity index (χ1n) is 11.2. The lowest BCUT2D eigenvalue weighted by Crippen LogP contribution is -2.37. The number of aromatic nitrogens is 5. The summed E-state index contributed by atoms with van der Waals surface area (Å²) in [5.41, 5.74) is 5.52. The third kappa shape index (κ3) is 3.96. The summed E-state index contributed by atoms with van der Waals surface area (Å²) in [6.45, 7) is 9.24. The minimum atomic E-state index is 0.360. The van der Waals surface area contributed by atoms with Gasteiger partial charge in [-0.05, 0) is 63.3 Å². The number of rotatable bonds is 5. The summed E-state index contributed by atoms with van der Waals surface area (Å²) < 4.78 is 2.27. The first-order chi connectivity index (χ1) is 15.1. The van der Waals surface area contributed by atoms with Crippen LogP contribution in [0, 0.1) is 12.8 Å². The Morgan fingerprint density at radius 1 is 1.16 bits per heavy atom. The number of pyridine rings is 1. The Balaban J connectivity index is 1.36. The predicted octanol–water partition coefficient (Wildman–Crippen LogP) is 3.93. The fraction of sp³-hybridized carbons (Fsp3) is 0.458. The minimum Gasteiger partial charge on any atom is -0.340 e. The molecule has 7 heteroatoms. The van der Waals surface area contributed by atoms with Gasteiger partial charge in [-0.2, -0.15) is 0 Å². The van der Waals surface area contributed by atoms with E-state index in [0.29, 0.717) is 18.4 Å². The van der Waals surface area contributed by atoms with Crippen molar-refractivity contribution in [2.45, 2.75) is 46.1 Å². The summed E-state index contributed by atoms with van der Waals surface area (Å²) in [7, 11) is 0. The number of aliphatic imine (C=N–C) groups is 1. The van der Waals surface area contributed by atoms with Gasteiger partial charge in [-0.15, -0.1) is 0 Å². The van der Waals surface area contributed by atoms with E-state index in [1.807, 2.05) is 24.7 Å². The summed E-state index contributed by atoms with van der Waals surface area (Å²) in [4.78, 5) is 25.5. The van der Waals surface area contributed by atoms with E-state index in [1.165, 1.54) is 12.0 Å². The van der Waals surface area contributed by atoms with Crippen LogP contribution in [0.15, 0.2) is 41.2 Å². The van der Waals surface area contributed by atoms with Crippen molar-refractivity contribution < 1.29 is 0 Å². The molecule has 2 aliphatic rings. The fourth-order valence-electron chi connectivity index (χ4n) is 4.82. The van der Waals surface area contributed by atoms with E-state index in [2.05, 4.69) is 62.3 Å². The number of hydrogen-bond donors (Lipinski definition) is 0. The van der Waals surface area contributed by atoms with Crippen molar-refractivity contribution in [2.75, 3.05) is 24.5 Å². The van der Waals surface area contributed by atoms with Crippen LogP contribution in [0.1, 0.15) is 49.9 Å². The predicted molar refractivity (Wildman–Crippen MR) is 124 cm³/mol. The van der Waals surface area contributed by atoms with Crippen molar-refractivity contribution in [1.82, 2.24) is 24.5 Å². The van der Waals surface area contributed by atoms with Gasteiger partial charge in [0.05, 0.1) is 24.0 Å². The molecule has 5 rings (SSSR count). The van der Waals surface area contributed by atoms with Gasteiger partial charge in [0.25, 0.3) is 0 Å². The Kier molecular flexibility index (Phi) is 5.26. The molecule has 5 heterocycles. The van der Waals surface area contributed by atoms with Gasteiger partial charge in [-0.1, -0.05) is 0 Å². The van der Waals surface area contributed by atoms with Crippen LogP contribution < -0.4 is 4.90 Å². The van der Waals surface area contributed by atoms with E-state index in [4.69, 9.17) is 4.98 Å². The van der Waals surface area contributed by atoms with Gasteiger partial charge < -0.3 is 9.47 Å². The number of imidazole rings is 1. The van der Waals surface area contributed by atoms with Gasteiger partial charge >= 0.3 is 0 Å². The van der Waals surface area contributed by atoms with Gasteiger partial charge in [0.1, 0.15) is 11.3 Å². The molecule has 2 aliphatic heterocycles. The van der Waals surface area contributed by atoms with Gasteiger partial charge in [0.2, 0.25) is 5.95 Å². The number of anilines is 1. The molecule has 1 atom stereocenters. The maximum Gasteiger partial charge on any atom is 0.225 e. The molecule has 31 heavy (non-hydrogen) atoms. The van der Waals surface area contributed by atoms with E-state index >= 15 is 0 Å². The highest BCUT2D eigenvalue weighted by Gasteiger charge is 2.25. The summed E-state index contributed by atoms with van der Waals surface area (Å²) in [6, 6.07) is 4.51. The second-order valence-corrected chi connectivity index (χ2v) is 8.83. The molecular formula is C24H29N7. The molecular weight excluding hydrogens is 386 g/mol. The minimum absolute atomic E-state index is 0.360. The molecule has 0 bridgehead atoms. The number of fused-ring (bicyclic) bond motifs is 1. The van der Waals surface area contributed by atoms with Crippen LogP contribution in [0.2, 0.25) is 0 Å². The van der Waals surface area contributed by atoms with Crippen LogP contribution in [0.5, 0.6) is 0 Å². The zero-order valence-corrected chi connectivity index (χ0v) is 18.5. The number of hydrogen-bond acceptors (Lipinski definition) is 6. The summed E-state index contributed by atoms with van der Waals surface area (Å²) >= 11 is 0. The fourth-order valence-corrected chi connectivity index (χ4v) is 4.82. The van der Waals surface area contributed by atoms with Crippen LogP contribution >= 0.6 is 0 Å². The SMILES string of the molecule is Cc1nc2cnc(Cc3ccnc(N4CCCC(C5=CC=NC5)C4)n3)cc2n1C(C)C. The highest BCUT2D eigenvalue weighted by molar-refractivity contribution is 5.76. The highest BCUT2D eigenvalue weighted by atomic mass is 15.3. The molecule has 1 saturated heterocycles. The summed E-state index contributed by atoms with van der Waals surface area (Å²) in [5.74, 6) is 2.40. The first kappa shape index (κ1) is 19.8. The molecule has 1 unspecified atom stereocenters. The molecule has 3 aromatic heterocycles. The molecule has 0 radical (unpaired) electrons.